The van der Waals surface area contributed by atoms with Crippen LogP contribution < -0.4 is 10.6 Å². The number of ether oxygens (including phenoxy) is 1. The smallest absolute Gasteiger partial charge is 0.250 e. The van der Waals surface area contributed by atoms with Crippen molar-refractivity contribution >= 4 is 35.0 Å². The predicted molar refractivity (Wildman–Crippen MR) is 110 cm³/mol. The lowest BCUT2D eigenvalue weighted by molar-refractivity contribution is -0.141. The van der Waals surface area contributed by atoms with E-state index < -0.39 is 29.4 Å². The molecule has 3 heterocycles. The molecule has 4 rings (SSSR count). The Morgan fingerprint density at radius 3 is 2.80 bits per heavy atom. The van der Waals surface area contributed by atoms with E-state index in [1.165, 1.54) is 4.90 Å². The van der Waals surface area contributed by atoms with E-state index in [1.807, 2.05) is 6.92 Å². The third-order valence-electron chi connectivity index (χ3n) is 6.37. The number of β-amino-alcohol motifs (C(OH)–C–C–N with tert-alkyl or cyclic N) is 1. The number of para-hydroxylation sites is 1. The van der Waals surface area contributed by atoms with Crippen molar-refractivity contribution in [3.8, 4) is 0 Å². The Balaban J connectivity index is 1.66. The van der Waals surface area contributed by atoms with Gasteiger partial charge in [0.05, 0.1) is 35.3 Å². The fourth-order valence-corrected chi connectivity index (χ4v) is 5.41. The Labute approximate surface area is 179 Å². The Kier molecular flexibility index (Phi) is 5.74. The summed E-state index contributed by atoms with van der Waals surface area (Å²) in [6, 6.07) is 5.91. The van der Waals surface area contributed by atoms with Crippen LogP contribution in [0.15, 0.2) is 24.3 Å². The second kappa shape index (κ2) is 8.17. The number of aliphatic hydroxyl groups is 1. The zero-order chi connectivity index (χ0) is 21.5. The van der Waals surface area contributed by atoms with Crippen molar-refractivity contribution in [1.29, 1.82) is 0 Å². The highest BCUT2D eigenvalue weighted by atomic mass is 35.5. The fourth-order valence-electron chi connectivity index (χ4n) is 5.23. The van der Waals surface area contributed by atoms with Gasteiger partial charge < -0.3 is 25.4 Å². The van der Waals surface area contributed by atoms with Gasteiger partial charge in [0.2, 0.25) is 17.7 Å². The molecule has 0 aliphatic carbocycles. The normalized spacial score (nSPS) is 31.7. The number of anilines is 1. The SMILES string of the molecule is CCCNC(=O)[C@@H]1[C@H]2C(=O)N(CCO)C(C(=O)Nc3ccccc3Cl)C23CC[C@H]1O3. The molecule has 2 bridgehead atoms. The molecule has 8 nitrogen and oxygen atoms in total. The average Bonchev–Trinajstić information content (AvgIpc) is 3.36. The Morgan fingerprint density at radius 2 is 2.10 bits per heavy atom. The molecule has 1 aromatic carbocycles. The van der Waals surface area contributed by atoms with Crippen LogP contribution in [0.25, 0.3) is 0 Å². The summed E-state index contributed by atoms with van der Waals surface area (Å²) < 4.78 is 6.25. The second-order valence-corrected chi connectivity index (χ2v) is 8.48. The first-order chi connectivity index (χ1) is 14.4. The maximum atomic E-state index is 13.3. The molecule has 1 spiro atoms. The van der Waals surface area contributed by atoms with Crippen LogP contribution in [-0.4, -0.2) is 65.2 Å². The van der Waals surface area contributed by atoms with Crippen LogP contribution in [-0.2, 0) is 19.1 Å². The molecule has 3 fully saturated rings. The Hall–Kier alpha value is -2.16. The molecular formula is C21H26ClN3O5. The van der Waals surface area contributed by atoms with E-state index >= 15 is 0 Å². The van der Waals surface area contributed by atoms with Crippen molar-refractivity contribution in [1.82, 2.24) is 10.2 Å². The fraction of sp³-hybridized carbons (Fsp3) is 0.571. The molecule has 9 heteroatoms. The maximum Gasteiger partial charge on any atom is 0.250 e. The largest absolute Gasteiger partial charge is 0.395 e. The van der Waals surface area contributed by atoms with E-state index in [0.29, 0.717) is 30.1 Å². The van der Waals surface area contributed by atoms with Crippen LogP contribution >= 0.6 is 11.6 Å². The molecule has 3 aliphatic heterocycles. The van der Waals surface area contributed by atoms with Gasteiger partial charge in [-0.05, 0) is 31.4 Å². The number of rotatable bonds is 7. The van der Waals surface area contributed by atoms with Crippen molar-refractivity contribution in [2.45, 2.75) is 43.9 Å². The number of carbonyl (C=O) groups is 3. The van der Waals surface area contributed by atoms with Gasteiger partial charge in [-0.2, -0.15) is 0 Å². The molecule has 3 amide bonds. The van der Waals surface area contributed by atoms with Crippen molar-refractivity contribution in [2.24, 2.45) is 11.8 Å². The van der Waals surface area contributed by atoms with Crippen LogP contribution in [0.2, 0.25) is 5.02 Å². The minimum absolute atomic E-state index is 0.00494. The summed E-state index contributed by atoms with van der Waals surface area (Å²) >= 11 is 6.18. The molecule has 30 heavy (non-hydrogen) atoms. The third kappa shape index (κ3) is 3.18. The minimum Gasteiger partial charge on any atom is -0.395 e. The first kappa shape index (κ1) is 21.1. The van der Waals surface area contributed by atoms with Gasteiger partial charge in [-0.3, -0.25) is 14.4 Å². The van der Waals surface area contributed by atoms with E-state index in [2.05, 4.69) is 10.6 Å². The first-order valence-electron chi connectivity index (χ1n) is 10.4. The molecular weight excluding hydrogens is 410 g/mol. The van der Waals surface area contributed by atoms with Crippen molar-refractivity contribution < 1.29 is 24.2 Å². The highest BCUT2D eigenvalue weighted by Crippen LogP contribution is 2.58. The molecule has 162 valence electrons. The number of nitrogens with zero attached hydrogens (tertiary/aromatic N) is 1. The molecule has 0 radical (unpaired) electrons. The number of fused-ring (bicyclic) bond motifs is 1. The molecule has 0 saturated carbocycles. The summed E-state index contributed by atoms with van der Waals surface area (Å²) in [6.07, 6.45) is 1.51. The zero-order valence-electron chi connectivity index (χ0n) is 16.8. The number of likely N-dealkylation sites (tertiary alicyclic amines) is 1. The molecule has 1 aromatic rings. The van der Waals surface area contributed by atoms with Crippen LogP contribution in [0.4, 0.5) is 5.69 Å². The predicted octanol–water partition coefficient (Wildman–Crippen LogP) is 1.17. The van der Waals surface area contributed by atoms with Gasteiger partial charge in [0.15, 0.2) is 0 Å². The summed E-state index contributed by atoms with van der Waals surface area (Å²) in [6.45, 7) is 2.18. The average molecular weight is 436 g/mol. The summed E-state index contributed by atoms with van der Waals surface area (Å²) in [4.78, 5) is 40.9. The molecule has 0 aromatic heterocycles. The quantitative estimate of drug-likeness (QED) is 0.596. The number of hydrogen-bond donors (Lipinski definition) is 3. The van der Waals surface area contributed by atoms with E-state index in [-0.39, 0.29) is 31.1 Å². The lowest BCUT2D eigenvalue weighted by Crippen LogP contribution is -2.53. The number of carbonyl (C=O) groups excluding carboxylic acids is 3. The summed E-state index contributed by atoms with van der Waals surface area (Å²) in [5.74, 6) is -2.32. The molecule has 2 unspecified atom stereocenters. The molecule has 5 atom stereocenters. The van der Waals surface area contributed by atoms with Gasteiger partial charge in [-0.15, -0.1) is 0 Å². The summed E-state index contributed by atoms with van der Waals surface area (Å²) in [7, 11) is 0. The highest BCUT2D eigenvalue weighted by molar-refractivity contribution is 6.33. The van der Waals surface area contributed by atoms with E-state index in [1.54, 1.807) is 24.3 Å². The number of amides is 3. The molecule has 3 saturated heterocycles. The second-order valence-electron chi connectivity index (χ2n) is 8.07. The van der Waals surface area contributed by atoms with E-state index in [0.717, 1.165) is 6.42 Å². The lowest BCUT2D eigenvalue weighted by Gasteiger charge is -2.33. The topological polar surface area (TPSA) is 108 Å². The number of nitrogens with one attached hydrogen (secondary N) is 2. The van der Waals surface area contributed by atoms with Gasteiger partial charge >= 0.3 is 0 Å². The summed E-state index contributed by atoms with van der Waals surface area (Å²) in [5, 5.41) is 15.6. The van der Waals surface area contributed by atoms with Crippen LogP contribution in [0.1, 0.15) is 26.2 Å². The van der Waals surface area contributed by atoms with Crippen molar-refractivity contribution in [2.75, 3.05) is 25.0 Å². The highest BCUT2D eigenvalue weighted by Gasteiger charge is 2.74. The van der Waals surface area contributed by atoms with Crippen LogP contribution in [0, 0.1) is 11.8 Å². The summed E-state index contributed by atoms with van der Waals surface area (Å²) in [5.41, 5.74) is -0.638. The van der Waals surface area contributed by atoms with Crippen LogP contribution in [0.5, 0.6) is 0 Å². The van der Waals surface area contributed by atoms with Crippen molar-refractivity contribution in [3.05, 3.63) is 29.3 Å². The van der Waals surface area contributed by atoms with Gasteiger partial charge in [0, 0.05) is 13.1 Å². The van der Waals surface area contributed by atoms with Crippen LogP contribution in [0.3, 0.4) is 0 Å². The monoisotopic (exact) mass is 435 g/mol. The van der Waals surface area contributed by atoms with Gasteiger partial charge in [-0.25, -0.2) is 0 Å². The number of hydrogen-bond acceptors (Lipinski definition) is 5. The van der Waals surface area contributed by atoms with E-state index in [4.69, 9.17) is 16.3 Å². The molecule has 3 aliphatic rings. The third-order valence-corrected chi connectivity index (χ3v) is 6.70. The van der Waals surface area contributed by atoms with Gasteiger partial charge in [-0.1, -0.05) is 30.7 Å². The number of aliphatic hydroxyl groups excluding tert-OH is 1. The van der Waals surface area contributed by atoms with E-state index in [9.17, 15) is 19.5 Å². The first-order valence-corrected chi connectivity index (χ1v) is 10.7. The standard InChI is InChI=1S/C21H26ClN3O5/c1-2-9-23-18(27)15-14-7-8-21(30-14)16(15)20(29)25(10-11-26)17(21)19(28)24-13-6-4-3-5-12(13)22/h3-6,14-17,26H,2,7-11H2,1H3,(H,23,27)(H,24,28)/t14-,15+,16+,17?,21?/m1/s1. The Morgan fingerprint density at radius 1 is 1.33 bits per heavy atom. The van der Waals surface area contributed by atoms with Crippen molar-refractivity contribution in [3.63, 3.8) is 0 Å². The maximum absolute atomic E-state index is 13.3. The number of benzene rings is 1. The zero-order valence-corrected chi connectivity index (χ0v) is 17.5. The lowest BCUT2D eigenvalue weighted by atomic mass is 9.70. The minimum atomic E-state index is -1.07. The van der Waals surface area contributed by atoms with Gasteiger partial charge in [0.25, 0.3) is 0 Å². The van der Waals surface area contributed by atoms with Gasteiger partial charge in [0.1, 0.15) is 11.6 Å². The molecule has 3 N–H and O–H groups in total. The number of halogens is 1. The Bertz CT molecular complexity index is 865.